The second-order valence-electron chi connectivity index (χ2n) is 10.5. The number of alkyl carbamates (subject to hydrolysis) is 1. The van der Waals surface area contributed by atoms with Crippen molar-refractivity contribution in [2.75, 3.05) is 19.7 Å². The Labute approximate surface area is 215 Å². The van der Waals surface area contributed by atoms with Gasteiger partial charge in [-0.05, 0) is 81.2 Å². The van der Waals surface area contributed by atoms with Gasteiger partial charge in [-0.3, -0.25) is 4.79 Å². The molecule has 0 saturated carbocycles. The minimum atomic E-state index is -0.377. The minimum absolute atomic E-state index is 0.0317. The van der Waals surface area contributed by atoms with Crippen LogP contribution in [0.4, 0.5) is 4.79 Å². The maximum atomic E-state index is 12.7. The molecule has 2 atom stereocenters. The van der Waals surface area contributed by atoms with Gasteiger partial charge in [-0.25, -0.2) is 4.79 Å². The number of nitrogens with one attached hydrogen (secondary N) is 3. The average Bonchev–Trinajstić information content (AvgIpc) is 3.50. The first-order valence-corrected chi connectivity index (χ1v) is 13.7. The van der Waals surface area contributed by atoms with Crippen LogP contribution in [0.3, 0.4) is 0 Å². The Morgan fingerprint density at radius 3 is 2.33 bits per heavy atom. The first-order chi connectivity index (χ1) is 17.5. The smallest absolute Gasteiger partial charge is 0.407 e. The van der Waals surface area contributed by atoms with E-state index in [2.05, 4.69) is 40.2 Å². The molecule has 4 rings (SSSR count). The van der Waals surface area contributed by atoms with E-state index in [1.165, 1.54) is 35.1 Å². The van der Waals surface area contributed by atoms with E-state index in [1.54, 1.807) is 0 Å². The molecule has 1 saturated heterocycles. The molecule has 1 aliphatic heterocycles. The SMILES string of the molecule is CC(C)NC(=O)[C@H](CCCCNC(=O)OCC1c2ccccc2-c2ccccc21)CC[C@@H]1CCCN1. The Balaban J connectivity index is 1.18. The van der Waals surface area contributed by atoms with Crippen molar-refractivity contribution in [2.24, 2.45) is 5.92 Å². The van der Waals surface area contributed by atoms with Gasteiger partial charge < -0.3 is 20.7 Å². The fourth-order valence-corrected chi connectivity index (χ4v) is 5.57. The molecule has 2 aromatic carbocycles. The number of hydrogen-bond acceptors (Lipinski definition) is 4. The molecular weight excluding hydrogens is 450 g/mol. The van der Waals surface area contributed by atoms with Crippen molar-refractivity contribution in [3.8, 4) is 11.1 Å². The molecule has 6 heteroatoms. The van der Waals surface area contributed by atoms with E-state index in [9.17, 15) is 9.59 Å². The quantitative estimate of drug-likeness (QED) is 0.349. The van der Waals surface area contributed by atoms with Crippen LogP contribution in [0.5, 0.6) is 0 Å². The Morgan fingerprint density at radius 1 is 1.00 bits per heavy atom. The Morgan fingerprint density at radius 2 is 1.69 bits per heavy atom. The van der Waals surface area contributed by atoms with Crippen molar-refractivity contribution in [3.05, 3.63) is 59.7 Å². The van der Waals surface area contributed by atoms with Crippen LogP contribution in [0.15, 0.2) is 48.5 Å². The van der Waals surface area contributed by atoms with Crippen molar-refractivity contribution in [1.82, 2.24) is 16.0 Å². The Bertz CT molecular complexity index is 971. The minimum Gasteiger partial charge on any atom is -0.449 e. The van der Waals surface area contributed by atoms with Gasteiger partial charge in [0.05, 0.1) is 0 Å². The number of fused-ring (bicyclic) bond motifs is 3. The lowest BCUT2D eigenvalue weighted by Crippen LogP contribution is -2.36. The molecule has 0 aromatic heterocycles. The van der Waals surface area contributed by atoms with Crippen LogP contribution in [0.25, 0.3) is 11.1 Å². The van der Waals surface area contributed by atoms with Crippen molar-refractivity contribution >= 4 is 12.0 Å². The zero-order valence-corrected chi connectivity index (χ0v) is 21.7. The normalized spacial score (nSPS) is 17.5. The van der Waals surface area contributed by atoms with Crippen molar-refractivity contribution in [1.29, 1.82) is 0 Å². The highest BCUT2D eigenvalue weighted by molar-refractivity contribution is 5.79. The Hall–Kier alpha value is -2.86. The molecule has 2 amide bonds. The standard InChI is InChI=1S/C30H41N3O3/c1-21(2)33-29(34)22(16-17-23-11-9-19-31-23)10-7-8-18-32-30(35)36-20-28-26-14-5-3-12-24(26)25-13-4-6-15-27(25)28/h3-6,12-15,21-23,28,31H,7-11,16-20H2,1-2H3,(H,32,35)(H,33,34)/t22-,23+/m1/s1. The number of carbonyl (C=O) groups excluding carboxylic acids is 2. The first-order valence-electron chi connectivity index (χ1n) is 13.7. The van der Waals surface area contributed by atoms with Crippen LogP contribution in [0.1, 0.15) is 75.8 Å². The molecule has 1 aliphatic carbocycles. The molecule has 36 heavy (non-hydrogen) atoms. The van der Waals surface area contributed by atoms with Crippen LogP contribution in [0.2, 0.25) is 0 Å². The van der Waals surface area contributed by atoms with Crippen LogP contribution in [-0.4, -0.2) is 43.8 Å². The van der Waals surface area contributed by atoms with Crippen LogP contribution in [0, 0.1) is 5.92 Å². The van der Waals surface area contributed by atoms with E-state index >= 15 is 0 Å². The number of carbonyl (C=O) groups is 2. The van der Waals surface area contributed by atoms with Crippen LogP contribution >= 0.6 is 0 Å². The molecule has 2 aliphatic rings. The number of hydrogen-bond donors (Lipinski definition) is 3. The molecular formula is C30H41N3O3. The van der Waals surface area contributed by atoms with Crippen molar-refractivity contribution in [2.45, 2.75) is 76.8 Å². The van der Waals surface area contributed by atoms with Gasteiger partial charge in [0, 0.05) is 30.5 Å². The van der Waals surface area contributed by atoms with Gasteiger partial charge >= 0.3 is 6.09 Å². The van der Waals surface area contributed by atoms with Crippen LogP contribution in [-0.2, 0) is 9.53 Å². The van der Waals surface area contributed by atoms with Gasteiger partial charge in [0.2, 0.25) is 5.91 Å². The summed E-state index contributed by atoms with van der Waals surface area (Å²) in [6.45, 7) is 5.98. The maximum Gasteiger partial charge on any atom is 0.407 e. The van der Waals surface area contributed by atoms with E-state index in [0.717, 1.165) is 38.6 Å². The van der Waals surface area contributed by atoms with E-state index in [-0.39, 0.29) is 29.9 Å². The van der Waals surface area contributed by atoms with E-state index < -0.39 is 0 Å². The highest BCUT2D eigenvalue weighted by atomic mass is 16.5. The second kappa shape index (κ2) is 12.9. The largest absolute Gasteiger partial charge is 0.449 e. The summed E-state index contributed by atoms with van der Waals surface area (Å²) in [5.74, 6) is 0.259. The fourth-order valence-electron chi connectivity index (χ4n) is 5.57. The topological polar surface area (TPSA) is 79.5 Å². The van der Waals surface area contributed by atoms with Gasteiger partial charge in [0.1, 0.15) is 6.61 Å². The summed E-state index contributed by atoms with van der Waals surface area (Å²) in [4.78, 5) is 25.1. The predicted octanol–water partition coefficient (Wildman–Crippen LogP) is 5.37. The number of ether oxygens (including phenoxy) is 1. The van der Waals surface area contributed by atoms with E-state index in [4.69, 9.17) is 4.74 Å². The number of rotatable bonds is 12. The molecule has 0 bridgehead atoms. The molecule has 3 N–H and O–H groups in total. The lowest BCUT2D eigenvalue weighted by Gasteiger charge is -2.20. The summed E-state index contributed by atoms with van der Waals surface area (Å²) in [5.41, 5.74) is 4.87. The van der Waals surface area contributed by atoms with Crippen molar-refractivity contribution in [3.63, 3.8) is 0 Å². The molecule has 0 radical (unpaired) electrons. The van der Waals surface area contributed by atoms with Gasteiger partial charge in [0.15, 0.2) is 0 Å². The predicted molar refractivity (Wildman–Crippen MR) is 144 cm³/mol. The summed E-state index contributed by atoms with van der Waals surface area (Å²) >= 11 is 0. The molecule has 2 aromatic rings. The number of unbranched alkanes of at least 4 members (excludes halogenated alkanes) is 1. The zero-order chi connectivity index (χ0) is 25.3. The summed E-state index contributed by atoms with van der Waals surface area (Å²) in [7, 11) is 0. The summed E-state index contributed by atoms with van der Waals surface area (Å²) in [6.07, 6.45) is 6.60. The molecule has 194 valence electrons. The molecule has 1 fully saturated rings. The number of benzene rings is 2. The summed E-state index contributed by atoms with van der Waals surface area (Å²) in [6, 6.07) is 17.4. The van der Waals surface area contributed by atoms with E-state index in [1.807, 2.05) is 38.1 Å². The fraction of sp³-hybridized carbons (Fsp3) is 0.533. The third-order valence-electron chi connectivity index (χ3n) is 7.42. The molecule has 1 heterocycles. The van der Waals surface area contributed by atoms with Crippen LogP contribution < -0.4 is 16.0 Å². The third-order valence-corrected chi connectivity index (χ3v) is 7.42. The monoisotopic (exact) mass is 491 g/mol. The number of amides is 2. The Kier molecular flexibility index (Phi) is 9.40. The lowest BCUT2D eigenvalue weighted by molar-refractivity contribution is -0.126. The summed E-state index contributed by atoms with van der Waals surface area (Å²) < 4.78 is 5.62. The highest BCUT2D eigenvalue weighted by Crippen LogP contribution is 2.44. The van der Waals surface area contributed by atoms with Gasteiger partial charge in [-0.2, -0.15) is 0 Å². The van der Waals surface area contributed by atoms with Gasteiger partial charge in [-0.1, -0.05) is 55.0 Å². The lowest BCUT2D eigenvalue weighted by atomic mass is 9.93. The summed E-state index contributed by atoms with van der Waals surface area (Å²) in [5, 5.41) is 9.51. The average molecular weight is 492 g/mol. The van der Waals surface area contributed by atoms with Gasteiger partial charge in [0.25, 0.3) is 0 Å². The molecule has 0 unspecified atom stereocenters. The zero-order valence-electron chi connectivity index (χ0n) is 21.7. The van der Waals surface area contributed by atoms with E-state index in [0.29, 0.717) is 19.2 Å². The molecule has 0 spiro atoms. The van der Waals surface area contributed by atoms with Gasteiger partial charge in [-0.15, -0.1) is 0 Å². The molecule has 6 nitrogen and oxygen atoms in total. The highest BCUT2D eigenvalue weighted by Gasteiger charge is 2.29. The van der Waals surface area contributed by atoms with Crippen molar-refractivity contribution < 1.29 is 14.3 Å². The maximum absolute atomic E-state index is 12.7. The first kappa shape index (κ1) is 26.2. The third kappa shape index (κ3) is 6.88. The second-order valence-corrected chi connectivity index (χ2v) is 10.5.